The zero-order valence-electron chi connectivity index (χ0n) is 20.0. The van der Waals surface area contributed by atoms with E-state index in [1.807, 2.05) is 13.8 Å². The molecule has 1 heterocycles. The maximum Gasteiger partial charge on any atom is 0.261 e. The molecule has 0 saturated heterocycles. The van der Waals surface area contributed by atoms with Crippen molar-refractivity contribution in [1.82, 2.24) is 15.1 Å². The molecule has 3 rings (SSSR count). The van der Waals surface area contributed by atoms with Gasteiger partial charge in [-0.15, -0.1) is 0 Å². The van der Waals surface area contributed by atoms with E-state index >= 15 is 0 Å². The summed E-state index contributed by atoms with van der Waals surface area (Å²) >= 11 is 12.3. The predicted molar refractivity (Wildman–Crippen MR) is 135 cm³/mol. The molecule has 0 spiro atoms. The van der Waals surface area contributed by atoms with E-state index in [0.717, 1.165) is 11.3 Å². The number of carbonyl (C=O) groups is 4. The van der Waals surface area contributed by atoms with Crippen LogP contribution in [0, 0.1) is 0 Å². The minimum atomic E-state index is -0.748. The van der Waals surface area contributed by atoms with Crippen molar-refractivity contribution >= 4 is 46.8 Å². The molecule has 0 bridgehead atoms. The van der Waals surface area contributed by atoms with Crippen LogP contribution in [-0.4, -0.2) is 52.1 Å². The van der Waals surface area contributed by atoms with Gasteiger partial charge in [-0.3, -0.25) is 24.1 Å². The first kappa shape index (κ1) is 26.7. The van der Waals surface area contributed by atoms with Crippen molar-refractivity contribution in [2.45, 2.75) is 58.7 Å². The summed E-state index contributed by atoms with van der Waals surface area (Å²) in [5.41, 5.74) is 1.41. The number of fused-ring (bicyclic) bond motifs is 1. The van der Waals surface area contributed by atoms with Crippen molar-refractivity contribution in [3.05, 3.63) is 69.2 Å². The molecule has 0 aliphatic carbocycles. The second-order valence-electron chi connectivity index (χ2n) is 8.66. The standard InChI is InChI=1S/C26H29Cl2N3O4/c1-4-16(2)29-24(33)17(3)31(15-18-11-12-19(27)14-22(18)28)23(32)10-7-13-30-25(34)20-8-5-6-9-21(20)26(30)35/h5-6,8-9,11-12,14,16-17H,4,7,10,13,15H2,1-3H3,(H,29,33). The number of nitrogens with zero attached hydrogens (tertiary/aromatic N) is 2. The summed E-state index contributed by atoms with van der Waals surface area (Å²) in [6, 6.07) is 10.9. The van der Waals surface area contributed by atoms with E-state index in [0.29, 0.717) is 26.7 Å². The summed E-state index contributed by atoms with van der Waals surface area (Å²) in [7, 11) is 0. The Morgan fingerprint density at radius 3 is 2.23 bits per heavy atom. The van der Waals surface area contributed by atoms with Gasteiger partial charge in [-0.2, -0.15) is 0 Å². The van der Waals surface area contributed by atoms with Gasteiger partial charge in [0.25, 0.3) is 11.8 Å². The van der Waals surface area contributed by atoms with Gasteiger partial charge in [0.1, 0.15) is 6.04 Å². The molecule has 9 heteroatoms. The Morgan fingerprint density at radius 1 is 1.03 bits per heavy atom. The minimum Gasteiger partial charge on any atom is -0.352 e. The highest BCUT2D eigenvalue weighted by Crippen LogP contribution is 2.25. The Hall–Kier alpha value is -2.90. The van der Waals surface area contributed by atoms with Gasteiger partial charge in [0.15, 0.2) is 0 Å². The van der Waals surface area contributed by atoms with Gasteiger partial charge in [-0.1, -0.05) is 48.3 Å². The normalized spacial score (nSPS) is 14.5. The largest absolute Gasteiger partial charge is 0.352 e. The lowest BCUT2D eigenvalue weighted by molar-refractivity contribution is -0.141. The van der Waals surface area contributed by atoms with Crippen molar-refractivity contribution in [3.8, 4) is 0 Å². The van der Waals surface area contributed by atoms with Crippen LogP contribution in [0.25, 0.3) is 0 Å². The summed E-state index contributed by atoms with van der Waals surface area (Å²) in [6.07, 6.45) is 1.09. The van der Waals surface area contributed by atoms with E-state index in [1.54, 1.807) is 49.4 Å². The lowest BCUT2D eigenvalue weighted by atomic mass is 10.1. The first-order valence-corrected chi connectivity index (χ1v) is 12.4. The maximum absolute atomic E-state index is 13.3. The van der Waals surface area contributed by atoms with Crippen LogP contribution in [0.1, 0.15) is 66.3 Å². The highest BCUT2D eigenvalue weighted by molar-refractivity contribution is 6.35. The van der Waals surface area contributed by atoms with E-state index in [9.17, 15) is 19.2 Å². The van der Waals surface area contributed by atoms with Crippen LogP contribution in [-0.2, 0) is 16.1 Å². The molecular formula is C26H29Cl2N3O4. The second-order valence-corrected chi connectivity index (χ2v) is 9.51. The molecule has 1 aliphatic rings. The van der Waals surface area contributed by atoms with Gasteiger partial charge in [0.05, 0.1) is 11.1 Å². The van der Waals surface area contributed by atoms with Gasteiger partial charge < -0.3 is 10.2 Å². The molecule has 7 nitrogen and oxygen atoms in total. The molecule has 2 unspecified atom stereocenters. The molecule has 0 radical (unpaired) electrons. The Bertz CT molecular complexity index is 1100. The molecule has 186 valence electrons. The van der Waals surface area contributed by atoms with E-state index in [4.69, 9.17) is 23.2 Å². The van der Waals surface area contributed by atoms with Crippen molar-refractivity contribution < 1.29 is 19.2 Å². The van der Waals surface area contributed by atoms with Crippen molar-refractivity contribution in [2.75, 3.05) is 6.54 Å². The number of carbonyl (C=O) groups excluding carboxylic acids is 4. The highest BCUT2D eigenvalue weighted by atomic mass is 35.5. The molecule has 0 saturated carbocycles. The summed E-state index contributed by atoms with van der Waals surface area (Å²) in [5.74, 6) is -1.26. The monoisotopic (exact) mass is 517 g/mol. The molecule has 2 aromatic carbocycles. The summed E-state index contributed by atoms with van der Waals surface area (Å²) in [4.78, 5) is 53.9. The molecule has 0 aromatic heterocycles. The molecule has 2 aromatic rings. The average Bonchev–Trinajstić information content (AvgIpc) is 3.08. The van der Waals surface area contributed by atoms with Crippen molar-refractivity contribution in [3.63, 3.8) is 0 Å². The Balaban J connectivity index is 1.70. The quantitative estimate of drug-likeness (QED) is 0.462. The number of imide groups is 1. The van der Waals surface area contributed by atoms with Crippen LogP contribution in [0.5, 0.6) is 0 Å². The Kier molecular flexibility index (Phi) is 8.92. The molecule has 2 atom stereocenters. The first-order chi connectivity index (χ1) is 16.6. The third-order valence-corrected chi connectivity index (χ3v) is 6.76. The van der Waals surface area contributed by atoms with Gasteiger partial charge >= 0.3 is 0 Å². The predicted octanol–water partition coefficient (Wildman–Crippen LogP) is 4.70. The van der Waals surface area contributed by atoms with E-state index in [-0.39, 0.29) is 55.6 Å². The Morgan fingerprint density at radius 2 is 1.66 bits per heavy atom. The number of hydrogen-bond donors (Lipinski definition) is 1. The molecular weight excluding hydrogens is 489 g/mol. The average molecular weight is 518 g/mol. The van der Waals surface area contributed by atoms with Gasteiger partial charge in [-0.05, 0) is 56.5 Å². The van der Waals surface area contributed by atoms with Crippen molar-refractivity contribution in [1.29, 1.82) is 0 Å². The molecule has 1 aliphatic heterocycles. The lowest BCUT2D eigenvalue weighted by Gasteiger charge is -2.30. The number of rotatable bonds is 10. The van der Waals surface area contributed by atoms with Gasteiger partial charge in [-0.25, -0.2) is 0 Å². The fourth-order valence-corrected chi connectivity index (χ4v) is 4.32. The number of benzene rings is 2. The molecule has 4 amide bonds. The maximum atomic E-state index is 13.3. The summed E-state index contributed by atoms with van der Waals surface area (Å²) in [6.45, 7) is 5.77. The van der Waals surface area contributed by atoms with Crippen LogP contribution >= 0.6 is 23.2 Å². The summed E-state index contributed by atoms with van der Waals surface area (Å²) in [5, 5.41) is 3.78. The van der Waals surface area contributed by atoms with Crippen molar-refractivity contribution in [2.24, 2.45) is 0 Å². The van der Waals surface area contributed by atoms with E-state index in [1.165, 1.54) is 4.90 Å². The summed E-state index contributed by atoms with van der Waals surface area (Å²) < 4.78 is 0. The second kappa shape index (κ2) is 11.7. The Labute approximate surface area is 215 Å². The van der Waals surface area contributed by atoms with Crippen LogP contribution in [0.4, 0.5) is 0 Å². The molecule has 35 heavy (non-hydrogen) atoms. The van der Waals surface area contributed by atoms with Crippen LogP contribution in [0.2, 0.25) is 10.0 Å². The van der Waals surface area contributed by atoms with Crippen LogP contribution in [0.15, 0.2) is 42.5 Å². The minimum absolute atomic E-state index is 0.0326. The third kappa shape index (κ3) is 6.21. The first-order valence-electron chi connectivity index (χ1n) is 11.6. The lowest BCUT2D eigenvalue weighted by Crippen LogP contribution is -2.49. The smallest absolute Gasteiger partial charge is 0.261 e. The molecule has 1 N–H and O–H groups in total. The fraction of sp³-hybridized carbons (Fsp3) is 0.385. The van der Waals surface area contributed by atoms with Crippen LogP contribution < -0.4 is 5.32 Å². The zero-order chi connectivity index (χ0) is 25.7. The number of halogens is 2. The third-order valence-electron chi connectivity index (χ3n) is 6.17. The molecule has 0 fully saturated rings. The fourth-order valence-electron chi connectivity index (χ4n) is 3.86. The van der Waals surface area contributed by atoms with E-state index in [2.05, 4.69) is 5.32 Å². The highest BCUT2D eigenvalue weighted by Gasteiger charge is 2.35. The number of amides is 4. The number of hydrogen-bond acceptors (Lipinski definition) is 4. The zero-order valence-corrected chi connectivity index (χ0v) is 21.5. The topological polar surface area (TPSA) is 86.8 Å². The van der Waals surface area contributed by atoms with Gasteiger partial charge in [0, 0.05) is 35.6 Å². The van der Waals surface area contributed by atoms with E-state index < -0.39 is 6.04 Å². The van der Waals surface area contributed by atoms with Gasteiger partial charge in [0.2, 0.25) is 11.8 Å². The SMILES string of the molecule is CCC(C)NC(=O)C(C)N(Cc1ccc(Cl)cc1Cl)C(=O)CCCN1C(=O)c2ccccc2C1=O. The van der Waals surface area contributed by atoms with Crippen LogP contribution in [0.3, 0.4) is 0 Å². The number of nitrogens with one attached hydrogen (secondary N) is 1.